The third-order valence-electron chi connectivity index (χ3n) is 3.08. The molecule has 1 saturated heterocycles. The van der Waals surface area contributed by atoms with E-state index >= 15 is 0 Å². The highest BCUT2D eigenvalue weighted by molar-refractivity contribution is 6.32. The molecule has 0 saturated carbocycles. The molecular formula is C12H14ClN3O2. The summed E-state index contributed by atoms with van der Waals surface area (Å²) in [6.07, 6.45) is 3.89. The quantitative estimate of drug-likeness (QED) is 0.819. The Morgan fingerprint density at radius 2 is 2.22 bits per heavy atom. The minimum atomic E-state index is -0.539. The maximum absolute atomic E-state index is 12.3. The van der Waals surface area contributed by atoms with Crippen LogP contribution in [-0.2, 0) is 4.79 Å². The van der Waals surface area contributed by atoms with Gasteiger partial charge < -0.3 is 10.6 Å². The summed E-state index contributed by atoms with van der Waals surface area (Å²) in [6.45, 7) is 0.525. The number of halogens is 1. The first-order valence-electron chi connectivity index (χ1n) is 5.82. The average molecular weight is 268 g/mol. The van der Waals surface area contributed by atoms with Crippen molar-refractivity contribution in [3.63, 3.8) is 0 Å². The summed E-state index contributed by atoms with van der Waals surface area (Å²) < 4.78 is 0. The number of hydrogen-bond acceptors (Lipinski definition) is 3. The Bertz CT molecular complexity index is 478. The van der Waals surface area contributed by atoms with Crippen LogP contribution >= 0.6 is 11.6 Å². The van der Waals surface area contributed by atoms with E-state index in [9.17, 15) is 9.59 Å². The van der Waals surface area contributed by atoms with Crippen molar-refractivity contribution in [1.29, 1.82) is 0 Å². The lowest BCUT2D eigenvalue weighted by Crippen LogP contribution is -2.50. The van der Waals surface area contributed by atoms with E-state index in [1.54, 1.807) is 12.1 Å². The topological polar surface area (TPSA) is 76.3 Å². The molecule has 1 fully saturated rings. The number of carbonyl (C=O) groups excluding carboxylic acids is 2. The van der Waals surface area contributed by atoms with E-state index in [1.165, 1.54) is 11.1 Å². The number of amides is 2. The van der Waals surface area contributed by atoms with Gasteiger partial charge in [0.25, 0.3) is 5.91 Å². The Morgan fingerprint density at radius 3 is 2.89 bits per heavy atom. The van der Waals surface area contributed by atoms with Crippen LogP contribution in [0.2, 0.25) is 5.15 Å². The van der Waals surface area contributed by atoms with Gasteiger partial charge in [0.2, 0.25) is 5.91 Å². The average Bonchev–Trinajstić information content (AvgIpc) is 2.38. The number of nitrogens with zero attached hydrogens (tertiary/aromatic N) is 2. The van der Waals surface area contributed by atoms with Crippen molar-refractivity contribution >= 4 is 23.4 Å². The van der Waals surface area contributed by atoms with E-state index < -0.39 is 11.9 Å². The summed E-state index contributed by atoms with van der Waals surface area (Å²) in [4.78, 5) is 29.1. The van der Waals surface area contributed by atoms with Crippen LogP contribution in [0.3, 0.4) is 0 Å². The van der Waals surface area contributed by atoms with Crippen LogP contribution in [0, 0.1) is 0 Å². The van der Waals surface area contributed by atoms with Crippen LogP contribution in [0.5, 0.6) is 0 Å². The zero-order valence-corrected chi connectivity index (χ0v) is 10.6. The summed E-state index contributed by atoms with van der Waals surface area (Å²) in [5.41, 5.74) is 5.64. The Morgan fingerprint density at radius 1 is 1.44 bits per heavy atom. The molecule has 0 aromatic carbocycles. The lowest BCUT2D eigenvalue weighted by atomic mass is 10.0. The Kier molecular flexibility index (Phi) is 3.81. The van der Waals surface area contributed by atoms with Gasteiger partial charge in [-0.15, -0.1) is 0 Å². The summed E-state index contributed by atoms with van der Waals surface area (Å²) in [5, 5.41) is 0.149. The van der Waals surface area contributed by atoms with Gasteiger partial charge in [-0.25, -0.2) is 4.98 Å². The molecule has 2 N–H and O–H groups in total. The maximum Gasteiger partial charge on any atom is 0.257 e. The molecular weight excluding hydrogens is 254 g/mol. The number of carbonyl (C=O) groups is 2. The second kappa shape index (κ2) is 5.35. The molecule has 96 valence electrons. The van der Waals surface area contributed by atoms with Crippen molar-refractivity contribution < 1.29 is 9.59 Å². The van der Waals surface area contributed by atoms with Crippen molar-refractivity contribution in [3.05, 3.63) is 29.0 Å². The minimum absolute atomic E-state index is 0.149. The number of hydrogen-bond donors (Lipinski definition) is 1. The van der Waals surface area contributed by atoms with Gasteiger partial charge in [0.05, 0.1) is 5.56 Å². The number of nitrogens with two attached hydrogens (primary N) is 1. The molecule has 2 heterocycles. The van der Waals surface area contributed by atoms with Crippen molar-refractivity contribution in [3.8, 4) is 0 Å². The zero-order valence-electron chi connectivity index (χ0n) is 9.80. The first-order valence-corrected chi connectivity index (χ1v) is 6.20. The Hall–Kier alpha value is -1.62. The molecule has 1 aromatic rings. The van der Waals surface area contributed by atoms with Crippen molar-refractivity contribution in [2.45, 2.75) is 25.3 Å². The van der Waals surface area contributed by atoms with E-state index in [2.05, 4.69) is 4.98 Å². The van der Waals surface area contributed by atoms with Crippen molar-refractivity contribution in [2.75, 3.05) is 6.54 Å². The number of pyridine rings is 1. The predicted octanol–water partition coefficient (Wildman–Crippen LogP) is 1.21. The summed E-state index contributed by atoms with van der Waals surface area (Å²) in [5.74, 6) is -0.750. The molecule has 2 amide bonds. The molecule has 1 unspecified atom stereocenters. The monoisotopic (exact) mass is 267 g/mol. The molecule has 0 aliphatic carbocycles. The van der Waals surface area contributed by atoms with Gasteiger partial charge in [-0.1, -0.05) is 11.6 Å². The number of rotatable bonds is 2. The first-order chi connectivity index (χ1) is 8.61. The molecule has 2 rings (SSSR count). The highest BCUT2D eigenvalue weighted by atomic mass is 35.5. The molecule has 1 aliphatic heterocycles. The fourth-order valence-electron chi connectivity index (χ4n) is 2.17. The molecule has 18 heavy (non-hydrogen) atoms. The molecule has 0 bridgehead atoms. The number of primary amides is 1. The number of likely N-dealkylation sites (tertiary alicyclic amines) is 1. The molecule has 0 radical (unpaired) electrons. The van der Waals surface area contributed by atoms with Gasteiger partial charge >= 0.3 is 0 Å². The van der Waals surface area contributed by atoms with Gasteiger partial charge in [0.15, 0.2) is 0 Å². The van der Waals surface area contributed by atoms with Crippen LogP contribution in [0.15, 0.2) is 18.3 Å². The Balaban J connectivity index is 2.27. The maximum atomic E-state index is 12.3. The number of aromatic nitrogens is 1. The van der Waals surface area contributed by atoms with Gasteiger partial charge in [0, 0.05) is 12.7 Å². The highest BCUT2D eigenvalue weighted by Crippen LogP contribution is 2.22. The lowest BCUT2D eigenvalue weighted by molar-refractivity contribution is -0.123. The van der Waals surface area contributed by atoms with Crippen LogP contribution in [0.4, 0.5) is 0 Å². The molecule has 0 spiro atoms. The fourth-order valence-corrected chi connectivity index (χ4v) is 2.37. The second-order valence-corrected chi connectivity index (χ2v) is 4.61. The highest BCUT2D eigenvalue weighted by Gasteiger charge is 2.32. The zero-order chi connectivity index (χ0) is 13.1. The Labute approximate surface area is 110 Å². The smallest absolute Gasteiger partial charge is 0.257 e. The van der Waals surface area contributed by atoms with Crippen LogP contribution in [0.25, 0.3) is 0 Å². The van der Waals surface area contributed by atoms with E-state index in [4.69, 9.17) is 17.3 Å². The minimum Gasteiger partial charge on any atom is -0.368 e. The molecule has 6 heteroatoms. The second-order valence-electron chi connectivity index (χ2n) is 4.25. The van der Waals surface area contributed by atoms with E-state index in [0.717, 1.165) is 12.8 Å². The van der Waals surface area contributed by atoms with Crippen LogP contribution in [0.1, 0.15) is 29.6 Å². The van der Waals surface area contributed by atoms with E-state index in [0.29, 0.717) is 18.5 Å². The van der Waals surface area contributed by atoms with Crippen LogP contribution < -0.4 is 5.73 Å². The normalized spacial score (nSPS) is 19.6. The summed E-state index contributed by atoms with van der Waals surface area (Å²) >= 11 is 5.89. The van der Waals surface area contributed by atoms with Crippen LogP contribution in [-0.4, -0.2) is 34.3 Å². The van der Waals surface area contributed by atoms with Gasteiger partial charge in [-0.2, -0.15) is 0 Å². The fraction of sp³-hybridized carbons (Fsp3) is 0.417. The first kappa shape index (κ1) is 12.8. The number of piperidine rings is 1. The van der Waals surface area contributed by atoms with Crippen molar-refractivity contribution in [2.24, 2.45) is 5.73 Å². The van der Waals surface area contributed by atoms with Gasteiger partial charge in [-0.05, 0) is 31.4 Å². The van der Waals surface area contributed by atoms with E-state index in [1.807, 2.05) is 0 Å². The molecule has 1 aliphatic rings. The van der Waals surface area contributed by atoms with E-state index in [-0.39, 0.29) is 11.1 Å². The third-order valence-corrected chi connectivity index (χ3v) is 3.38. The SMILES string of the molecule is NC(=O)C1CCCCN1C(=O)c1cccnc1Cl. The lowest BCUT2D eigenvalue weighted by Gasteiger charge is -2.33. The molecule has 5 nitrogen and oxygen atoms in total. The van der Waals surface area contributed by atoms with Gasteiger partial charge in [0.1, 0.15) is 11.2 Å². The van der Waals surface area contributed by atoms with Crippen molar-refractivity contribution in [1.82, 2.24) is 9.88 Å². The summed E-state index contributed by atoms with van der Waals surface area (Å²) in [7, 11) is 0. The van der Waals surface area contributed by atoms with Gasteiger partial charge in [-0.3, -0.25) is 9.59 Å². The molecule has 1 aromatic heterocycles. The predicted molar refractivity (Wildman–Crippen MR) is 67.1 cm³/mol. The largest absolute Gasteiger partial charge is 0.368 e. The third kappa shape index (κ3) is 2.46. The standard InChI is InChI=1S/C12H14ClN3O2/c13-10-8(4-3-6-15-10)12(18)16-7-2-1-5-9(16)11(14)17/h3-4,6,9H,1-2,5,7H2,(H2,14,17). The molecule has 1 atom stereocenters. The summed E-state index contributed by atoms with van der Waals surface area (Å²) in [6, 6.07) is 2.70.